The van der Waals surface area contributed by atoms with Crippen molar-refractivity contribution in [1.82, 2.24) is 0 Å². The molecule has 1 unspecified atom stereocenters. The summed E-state index contributed by atoms with van der Waals surface area (Å²) in [7, 11) is 0. The first-order valence-corrected chi connectivity index (χ1v) is 9.16. The molecule has 6 nitrogen and oxygen atoms in total. The molecule has 0 fully saturated rings. The first kappa shape index (κ1) is 21.2. The molecule has 0 bridgehead atoms. The normalized spacial score (nSPS) is 11.4. The number of Topliss-reactive ketones (excluding diaryl/α,β-unsaturated/α-hetero) is 1. The van der Waals surface area contributed by atoms with E-state index in [0.29, 0.717) is 24.3 Å². The molecule has 6 heteroatoms. The van der Waals surface area contributed by atoms with Crippen LogP contribution in [0.4, 0.5) is 5.69 Å². The molecule has 0 aliphatic rings. The monoisotopic (exact) mass is 383 g/mol. The molecule has 0 saturated heterocycles. The van der Waals surface area contributed by atoms with Crippen molar-refractivity contribution in [2.45, 2.75) is 39.7 Å². The van der Waals surface area contributed by atoms with Crippen molar-refractivity contribution in [3.05, 3.63) is 59.7 Å². The molecule has 2 aromatic rings. The molecule has 0 heterocycles. The van der Waals surface area contributed by atoms with Crippen LogP contribution in [0.5, 0.6) is 5.75 Å². The molecule has 0 saturated carbocycles. The molecule has 2 aromatic carbocycles. The molecular formula is C22H25NO5. The van der Waals surface area contributed by atoms with Gasteiger partial charge in [-0.05, 0) is 56.7 Å². The van der Waals surface area contributed by atoms with Crippen molar-refractivity contribution >= 4 is 23.3 Å². The lowest BCUT2D eigenvalue weighted by Crippen LogP contribution is -2.24. The second kappa shape index (κ2) is 10.3. The Morgan fingerprint density at radius 1 is 1.00 bits per heavy atom. The molecule has 1 amide bonds. The van der Waals surface area contributed by atoms with E-state index in [2.05, 4.69) is 5.32 Å². The van der Waals surface area contributed by atoms with Gasteiger partial charge in [-0.25, -0.2) is 0 Å². The average Bonchev–Trinajstić information content (AvgIpc) is 2.66. The number of benzene rings is 2. The van der Waals surface area contributed by atoms with Crippen molar-refractivity contribution in [3.63, 3.8) is 0 Å². The third-order valence-corrected chi connectivity index (χ3v) is 3.98. The first-order valence-electron chi connectivity index (χ1n) is 9.16. The largest absolute Gasteiger partial charge is 0.494 e. The van der Waals surface area contributed by atoms with E-state index >= 15 is 0 Å². The van der Waals surface area contributed by atoms with Crippen LogP contribution in [0.1, 0.15) is 42.6 Å². The molecule has 2 rings (SSSR count). The van der Waals surface area contributed by atoms with Gasteiger partial charge >= 0.3 is 5.97 Å². The van der Waals surface area contributed by atoms with Gasteiger partial charge in [0.25, 0.3) is 0 Å². The van der Waals surface area contributed by atoms with E-state index in [0.717, 1.165) is 11.3 Å². The van der Waals surface area contributed by atoms with Crippen LogP contribution >= 0.6 is 0 Å². The zero-order valence-electron chi connectivity index (χ0n) is 16.4. The van der Waals surface area contributed by atoms with Crippen molar-refractivity contribution < 1.29 is 23.9 Å². The highest BCUT2D eigenvalue weighted by atomic mass is 16.5. The number of carbonyl (C=O) groups excluding carboxylic acids is 3. The van der Waals surface area contributed by atoms with E-state index in [-0.39, 0.29) is 18.1 Å². The van der Waals surface area contributed by atoms with Gasteiger partial charge in [0.2, 0.25) is 11.7 Å². The van der Waals surface area contributed by atoms with Crippen molar-refractivity contribution in [1.29, 1.82) is 0 Å². The SMILES string of the molecule is CC(=O)Nc1ccc(C(=O)C(C)OC(=O)CCCOc2ccc(C)cc2)cc1. The number of aryl methyl sites for hydroxylation is 1. The van der Waals surface area contributed by atoms with Crippen LogP contribution in [0.2, 0.25) is 0 Å². The van der Waals surface area contributed by atoms with Gasteiger partial charge < -0.3 is 14.8 Å². The molecule has 0 aromatic heterocycles. The fraction of sp³-hybridized carbons (Fsp3) is 0.318. The molecule has 28 heavy (non-hydrogen) atoms. The number of ketones is 1. The number of rotatable bonds is 9. The lowest BCUT2D eigenvalue weighted by atomic mass is 10.1. The van der Waals surface area contributed by atoms with Crippen molar-refractivity contribution in [2.24, 2.45) is 0 Å². The number of esters is 1. The Labute approximate surface area is 164 Å². The highest BCUT2D eigenvalue weighted by Crippen LogP contribution is 2.14. The summed E-state index contributed by atoms with van der Waals surface area (Å²) >= 11 is 0. The number of amides is 1. The Morgan fingerprint density at radius 3 is 2.25 bits per heavy atom. The summed E-state index contributed by atoms with van der Waals surface area (Å²) in [5.41, 5.74) is 2.17. The van der Waals surface area contributed by atoms with Crippen LogP contribution in [-0.4, -0.2) is 30.4 Å². The summed E-state index contributed by atoms with van der Waals surface area (Å²) < 4.78 is 10.8. The molecule has 0 aliphatic heterocycles. The van der Waals surface area contributed by atoms with E-state index in [1.54, 1.807) is 31.2 Å². The van der Waals surface area contributed by atoms with Crippen LogP contribution in [0.25, 0.3) is 0 Å². The number of ether oxygens (including phenoxy) is 2. The van der Waals surface area contributed by atoms with E-state index in [9.17, 15) is 14.4 Å². The number of hydrogen-bond donors (Lipinski definition) is 1. The molecule has 0 aliphatic carbocycles. The minimum atomic E-state index is -0.878. The Bertz CT molecular complexity index is 812. The molecule has 0 spiro atoms. The van der Waals surface area contributed by atoms with Gasteiger partial charge in [-0.3, -0.25) is 14.4 Å². The summed E-state index contributed by atoms with van der Waals surface area (Å²) in [4.78, 5) is 35.3. The van der Waals surface area contributed by atoms with Crippen LogP contribution in [-0.2, 0) is 14.3 Å². The van der Waals surface area contributed by atoms with Gasteiger partial charge in [0.1, 0.15) is 5.75 Å². The number of carbonyl (C=O) groups is 3. The topological polar surface area (TPSA) is 81.7 Å². The summed E-state index contributed by atoms with van der Waals surface area (Å²) in [6.45, 7) is 5.35. The summed E-state index contributed by atoms with van der Waals surface area (Å²) in [5, 5.41) is 2.63. The van der Waals surface area contributed by atoms with E-state index in [1.165, 1.54) is 6.92 Å². The number of anilines is 1. The quantitative estimate of drug-likeness (QED) is 0.403. The minimum Gasteiger partial charge on any atom is -0.494 e. The minimum absolute atomic E-state index is 0.172. The zero-order chi connectivity index (χ0) is 20.5. The number of hydrogen-bond acceptors (Lipinski definition) is 5. The van der Waals surface area contributed by atoms with Gasteiger partial charge in [-0.2, -0.15) is 0 Å². The van der Waals surface area contributed by atoms with Gasteiger partial charge in [-0.15, -0.1) is 0 Å². The van der Waals surface area contributed by atoms with Gasteiger partial charge in [0.15, 0.2) is 6.10 Å². The fourth-order valence-corrected chi connectivity index (χ4v) is 2.51. The molecule has 148 valence electrons. The summed E-state index contributed by atoms with van der Waals surface area (Å²) in [6.07, 6.45) is -0.207. The summed E-state index contributed by atoms with van der Waals surface area (Å²) in [5.74, 6) is -0.167. The van der Waals surface area contributed by atoms with Gasteiger partial charge in [0.05, 0.1) is 6.61 Å². The van der Waals surface area contributed by atoms with Crippen molar-refractivity contribution in [3.8, 4) is 5.75 Å². The zero-order valence-corrected chi connectivity index (χ0v) is 16.4. The Morgan fingerprint density at radius 2 is 1.64 bits per heavy atom. The first-order chi connectivity index (χ1) is 13.3. The van der Waals surface area contributed by atoms with E-state index in [4.69, 9.17) is 9.47 Å². The molecule has 1 N–H and O–H groups in total. The second-order valence-corrected chi connectivity index (χ2v) is 6.52. The lowest BCUT2D eigenvalue weighted by Gasteiger charge is -2.13. The summed E-state index contributed by atoms with van der Waals surface area (Å²) in [6, 6.07) is 14.1. The maximum atomic E-state index is 12.4. The maximum Gasteiger partial charge on any atom is 0.306 e. The van der Waals surface area contributed by atoms with Gasteiger partial charge in [0, 0.05) is 24.6 Å². The predicted molar refractivity (Wildman–Crippen MR) is 107 cm³/mol. The lowest BCUT2D eigenvalue weighted by molar-refractivity contribution is -0.146. The number of nitrogens with one attached hydrogen (secondary N) is 1. The van der Waals surface area contributed by atoms with Crippen LogP contribution in [0, 0.1) is 6.92 Å². The van der Waals surface area contributed by atoms with Crippen LogP contribution in [0.15, 0.2) is 48.5 Å². The van der Waals surface area contributed by atoms with Gasteiger partial charge in [-0.1, -0.05) is 17.7 Å². The average molecular weight is 383 g/mol. The molecular weight excluding hydrogens is 358 g/mol. The third kappa shape index (κ3) is 6.87. The third-order valence-electron chi connectivity index (χ3n) is 3.98. The standard InChI is InChI=1S/C22H25NO5/c1-15-6-12-20(13-7-15)27-14-4-5-21(25)28-16(2)22(26)18-8-10-19(11-9-18)23-17(3)24/h6-13,16H,4-5,14H2,1-3H3,(H,23,24). The van der Waals surface area contributed by atoms with Crippen LogP contribution in [0.3, 0.4) is 0 Å². The van der Waals surface area contributed by atoms with Crippen LogP contribution < -0.4 is 10.1 Å². The highest BCUT2D eigenvalue weighted by Gasteiger charge is 2.19. The van der Waals surface area contributed by atoms with E-state index in [1.807, 2.05) is 31.2 Å². The Kier molecular flexibility index (Phi) is 7.75. The smallest absolute Gasteiger partial charge is 0.306 e. The fourth-order valence-electron chi connectivity index (χ4n) is 2.51. The Balaban J connectivity index is 1.74. The molecule has 1 atom stereocenters. The predicted octanol–water partition coefficient (Wildman–Crippen LogP) is 3.93. The Hall–Kier alpha value is -3.15. The van der Waals surface area contributed by atoms with E-state index < -0.39 is 12.1 Å². The maximum absolute atomic E-state index is 12.4. The molecule has 0 radical (unpaired) electrons. The van der Waals surface area contributed by atoms with Crippen molar-refractivity contribution in [2.75, 3.05) is 11.9 Å². The highest BCUT2D eigenvalue weighted by molar-refractivity contribution is 6.00. The second-order valence-electron chi connectivity index (χ2n) is 6.52.